The van der Waals surface area contributed by atoms with E-state index in [0.717, 1.165) is 19.5 Å². The van der Waals surface area contributed by atoms with Gasteiger partial charge in [0.05, 0.1) is 0 Å². The van der Waals surface area contributed by atoms with E-state index in [0.29, 0.717) is 5.96 Å². The predicted octanol–water partition coefficient (Wildman–Crippen LogP) is -0.186. The van der Waals surface area contributed by atoms with E-state index in [9.17, 15) is 0 Å². The van der Waals surface area contributed by atoms with Gasteiger partial charge >= 0.3 is 0 Å². The van der Waals surface area contributed by atoms with Crippen LogP contribution in [0.15, 0.2) is 4.99 Å². The average Bonchev–Trinajstić information content (AvgIpc) is 2.02. The van der Waals surface area contributed by atoms with Crippen LogP contribution in [0.3, 0.4) is 0 Å². The molecule has 0 fully saturated rings. The molecule has 72 valence electrons. The lowest BCUT2D eigenvalue weighted by Crippen LogP contribution is -2.35. The highest BCUT2D eigenvalue weighted by Crippen LogP contribution is 1.88. The number of rotatable bonds is 4. The fourth-order valence-corrected chi connectivity index (χ4v) is 0.909. The number of hydrogen-bond acceptors (Lipinski definition) is 2. The summed E-state index contributed by atoms with van der Waals surface area (Å²) in [6.45, 7) is 2.04. The van der Waals surface area contributed by atoms with Gasteiger partial charge in [-0.15, -0.1) is 0 Å². The molecule has 4 nitrogen and oxygen atoms in total. The second-order valence-corrected chi connectivity index (χ2v) is 3.16. The van der Waals surface area contributed by atoms with E-state index in [4.69, 9.17) is 5.73 Å². The molecule has 0 saturated heterocycles. The summed E-state index contributed by atoms with van der Waals surface area (Å²) in [5.74, 6) is 0.605. The lowest BCUT2D eigenvalue weighted by molar-refractivity contribution is 0.369. The zero-order valence-electron chi connectivity index (χ0n) is 8.54. The van der Waals surface area contributed by atoms with Crippen molar-refractivity contribution in [2.75, 3.05) is 41.3 Å². The van der Waals surface area contributed by atoms with Crippen molar-refractivity contribution in [3.63, 3.8) is 0 Å². The Morgan fingerprint density at radius 1 is 1.25 bits per heavy atom. The third kappa shape index (κ3) is 4.96. The Hall–Kier alpha value is -0.770. The van der Waals surface area contributed by atoms with Crippen molar-refractivity contribution >= 4 is 5.96 Å². The first-order chi connectivity index (χ1) is 5.57. The van der Waals surface area contributed by atoms with Gasteiger partial charge < -0.3 is 15.5 Å². The molecule has 0 unspecified atom stereocenters. The van der Waals surface area contributed by atoms with Crippen LogP contribution in [0.1, 0.15) is 6.42 Å². The molecule has 0 atom stereocenters. The molecule has 0 amide bonds. The molecule has 0 aromatic carbocycles. The Morgan fingerprint density at radius 3 is 2.25 bits per heavy atom. The van der Waals surface area contributed by atoms with Crippen molar-refractivity contribution in [2.24, 2.45) is 10.7 Å². The van der Waals surface area contributed by atoms with E-state index in [1.54, 1.807) is 7.05 Å². The number of nitrogens with zero attached hydrogens (tertiary/aromatic N) is 3. The molecule has 0 aromatic rings. The van der Waals surface area contributed by atoms with Crippen LogP contribution in [-0.2, 0) is 0 Å². The summed E-state index contributed by atoms with van der Waals surface area (Å²) in [5.41, 5.74) is 5.60. The van der Waals surface area contributed by atoms with Crippen molar-refractivity contribution in [2.45, 2.75) is 6.42 Å². The highest BCUT2D eigenvalue weighted by Gasteiger charge is 1.99. The summed E-state index contributed by atoms with van der Waals surface area (Å²) in [5, 5.41) is 0. The van der Waals surface area contributed by atoms with Crippen LogP contribution >= 0.6 is 0 Å². The average molecular weight is 172 g/mol. The summed E-state index contributed by atoms with van der Waals surface area (Å²) in [4.78, 5) is 8.01. The Kier molecular flexibility index (Phi) is 5.45. The maximum Gasteiger partial charge on any atom is 0.190 e. The molecule has 0 spiro atoms. The second kappa shape index (κ2) is 5.83. The van der Waals surface area contributed by atoms with Crippen molar-refractivity contribution < 1.29 is 0 Å². The zero-order chi connectivity index (χ0) is 9.56. The first kappa shape index (κ1) is 11.2. The molecule has 0 aliphatic rings. The van der Waals surface area contributed by atoms with Crippen LogP contribution in [0, 0.1) is 0 Å². The summed E-state index contributed by atoms with van der Waals surface area (Å²) in [6.07, 6.45) is 1.11. The van der Waals surface area contributed by atoms with Crippen LogP contribution in [0.5, 0.6) is 0 Å². The van der Waals surface area contributed by atoms with Gasteiger partial charge in [-0.2, -0.15) is 0 Å². The number of nitrogens with two attached hydrogens (primary N) is 1. The normalized spacial score (nSPS) is 12.2. The van der Waals surface area contributed by atoms with Gasteiger partial charge in [0.15, 0.2) is 5.96 Å². The largest absolute Gasteiger partial charge is 0.370 e. The Bertz CT molecular complexity index is 142. The molecule has 0 saturated carbocycles. The van der Waals surface area contributed by atoms with E-state index < -0.39 is 0 Å². The Morgan fingerprint density at radius 2 is 1.83 bits per heavy atom. The lowest BCUT2D eigenvalue weighted by atomic mass is 10.4. The number of hydrogen-bond donors (Lipinski definition) is 1. The third-order valence-electron chi connectivity index (χ3n) is 1.72. The van der Waals surface area contributed by atoms with Gasteiger partial charge in [-0.3, -0.25) is 4.99 Å². The molecule has 0 aromatic heterocycles. The molecule has 2 N–H and O–H groups in total. The zero-order valence-corrected chi connectivity index (χ0v) is 8.54. The number of aliphatic imine (C=N–C) groups is 1. The van der Waals surface area contributed by atoms with Gasteiger partial charge in [-0.1, -0.05) is 0 Å². The van der Waals surface area contributed by atoms with Crippen LogP contribution in [0.25, 0.3) is 0 Å². The molecule has 0 radical (unpaired) electrons. The minimum atomic E-state index is 0.605. The van der Waals surface area contributed by atoms with E-state index in [1.165, 1.54) is 0 Å². The minimum Gasteiger partial charge on any atom is -0.370 e. The lowest BCUT2D eigenvalue weighted by Gasteiger charge is -2.18. The molecular formula is C8H20N4. The van der Waals surface area contributed by atoms with Crippen LogP contribution < -0.4 is 5.73 Å². The summed E-state index contributed by atoms with van der Waals surface area (Å²) < 4.78 is 0. The van der Waals surface area contributed by atoms with Crippen molar-refractivity contribution in [1.29, 1.82) is 0 Å². The van der Waals surface area contributed by atoms with Crippen LogP contribution in [-0.4, -0.2) is 57.0 Å². The first-order valence-electron chi connectivity index (χ1n) is 4.16. The van der Waals surface area contributed by atoms with Gasteiger partial charge in [0.2, 0.25) is 0 Å². The van der Waals surface area contributed by atoms with Crippen LogP contribution in [0.4, 0.5) is 0 Å². The monoisotopic (exact) mass is 172 g/mol. The maximum absolute atomic E-state index is 5.60. The predicted molar refractivity (Wildman–Crippen MR) is 53.3 cm³/mol. The smallest absolute Gasteiger partial charge is 0.190 e. The molecule has 0 aliphatic heterocycles. The van der Waals surface area contributed by atoms with Crippen molar-refractivity contribution in [3.8, 4) is 0 Å². The third-order valence-corrected chi connectivity index (χ3v) is 1.72. The van der Waals surface area contributed by atoms with Crippen LogP contribution in [0.2, 0.25) is 0 Å². The minimum absolute atomic E-state index is 0.605. The van der Waals surface area contributed by atoms with E-state index in [1.807, 2.05) is 11.9 Å². The van der Waals surface area contributed by atoms with E-state index in [2.05, 4.69) is 24.0 Å². The van der Waals surface area contributed by atoms with Gasteiger partial charge in [0.1, 0.15) is 0 Å². The molecule has 0 aliphatic carbocycles. The quantitative estimate of drug-likeness (QED) is 0.472. The maximum atomic E-state index is 5.60. The van der Waals surface area contributed by atoms with Gasteiger partial charge in [0, 0.05) is 20.6 Å². The first-order valence-corrected chi connectivity index (χ1v) is 4.16. The summed E-state index contributed by atoms with van der Waals surface area (Å²) >= 11 is 0. The van der Waals surface area contributed by atoms with Gasteiger partial charge in [-0.25, -0.2) is 0 Å². The molecule has 0 heterocycles. The highest BCUT2D eigenvalue weighted by molar-refractivity contribution is 5.77. The molecule has 12 heavy (non-hydrogen) atoms. The topological polar surface area (TPSA) is 44.9 Å². The molecular weight excluding hydrogens is 152 g/mol. The Labute approximate surface area is 75.0 Å². The highest BCUT2D eigenvalue weighted by atomic mass is 15.2. The molecule has 0 bridgehead atoms. The van der Waals surface area contributed by atoms with Gasteiger partial charge in [0.25, 0.3) is 0 Å². The Balaban J connectivity index is 3.51. The van der Waals surface area contributed by atoms with E-state index >= 15 is 0 Å². The summed E-state index contributed by atoms with van der Waals surface area (Å²) in [7, 11) is 7.80. The van der Waals surface area contributed by atoms with Crippen molar-refractivity contribution in [1.82, 2.24) is 9.80 Å². The second-order valence-electron chi connectivity index (χ2n) is 3.16. The summed E-state index contributed by atoms with van der Waals surface area (Å²) in [6, 6.07) is 0. The molecule has 0 rings (SSSR count). The SMILES string of the molecule is CN=C(N)N(C)CCCN(C)C. The fourth-order valence-electron chi connectivity index (χ4n) is 0.909. The standard InChI is InChI=1S/C8H20N4/c1-10-8(9)12(4)7-5-6-11(2)3/h5-7H2,1-4H3,(H2,9,10). The van der Waals surface area contributed by atoms with Crippen molar-refractivity contribution in [3.05, 3.63) is 0 Å². The number of guanidine groups is 1. The fraction of sp³-hybridized carbons (Fsp3) is 0.875. The molecule has 4 heteroatoms. The van der Waals surface area contributed by atoms with Gasteiger partial charge in [-0.05, 0) is 27.1 Å². The van der Waals surface area contributed by atoms with E-state index in [-0.39, 0.29) is 0 Å².